The van der Waals surface area contributed by atoms with E-state index in [-0.39, 0.29) is 22.0 Å². The van der Waals surface area contributed by atoms with E-state index in [1.165, 1.54) is 18.3 Å². The van der Waals surface area contributed by atoms with Gasteiger partial charge in [-0.2, -0.15) is 5.26 Å². The van der Waals surface area contributed by atoms with Crippen LogP contribution in [0.4, 0.5) is 17.1 Å². The van der Waals surface area contributed by atoms with Crippen molar-refractivity contribution in [1.29, 1.82) is 5.26 Å². The number of ether oxygens (including phenoxy) is 1. The van der Waals surface area contributed by atoms with Gasteiger partial charge in [-0.1, -0.05) is 23.7 Å². The van der Waals surface area contributed by atoms with Gasteiger partial charge in [0.2, 0.25) is 0 Å². The SMILES string of the molecule is COc1ccccc1N1CCN(/C=C(/C#N)C(=O)Nc2ccc(Cl)c([N+](=O)[O-])c2)CC1. The summed E-state index contributed by atoms with van der Waals surface area (Å²) in [7, 11) is 1.63. The van der Waals surface area contributed by atoms with Crippen LogP contribution in [-0.4, -0.2) is 49.0 Å². The molecule has 0 aromatic heterocycles. The number of nitrogens with zero attached hydrogens (tertiary/aromatic N) is 4. The maximum absolute atomic E-state index is 12.5. The predicted molar refractivity (Wildman–Crippen MR) is 117 cm³/mol. The van der Waals surface area contributed by atoms with E-state index >= 15 is 0 Å². The Morgan fingerprint density at radius 3 is 2.61 bits per heavy atom. The van der Waals surface area contributed by atoms with Crippen LogP contribution in [0.3, 0.4) is 0 Å². The van der Waals surface area contributed by atoms with E-state index < -0.39 is 10.8 Å². The lowest BCUT2D eigenvalue weighted by Crippen LogP contribution is -2.44. The molecule has 0 radical (unpaired) electrons. The van der Waals surface area contributed by atoms with Crippen molar-refractivity contribution in [2.75, 3.05) is 43.5 Å². The molecule has 9 nitrogen and oxygen atoms in total. The maximum Gasteiger partial charge on any atom is 0.289 e. The van der Waals surface area contributed by atoms with Gasteiger partial charge < -0.3 is 19.9 Å². The lowest BCUT2D eigenvalue weighted by atomic mass is 10.2. The molecule has 3 rings (SSSR count). The smallest absolute Gasteiger partial charge is 0.289 e. The van der Waals surface area contributed by atoms with Crippen molar-refractivity contribution in [3.8, 4) is 11.8 Å². The number of para-hydroxylation sites is 2. The summed E-state index contributed by atoms with van der Waals surface area (Å²) >= 11 is 5.78. The third-order valence-electron chi connectivity index (χ3n) is 4.82. The molecule has 1 aliphatic heterocycles. The number of carbonyl (C=O) groups is 1. The van der Waals surface area contributed by atoms with Crippen molar-refractivity contribution in [2.45, 2.75) is 0 Å². The van der Waals surface area contributed by atoms with Crippen LogP contribution in [-0.2, 0) is 4.79 Å². The Hall–Kier alpha value is -3.77. The third kappa shape index (κ3) is 5.24. The van der Waals surface area contributed by atoms with Crippen LogP contribution in [0.15, 0.2) is 54.2 Å². The largest absolute Gasteiger partial charge is 0.495 e. The van der Waals surface area contributed by atoms with Gasteiger partial charge in [0.05, 0.1) is 17.7 Å². The Kier molecular flexibility index (Phi) is 6.95. The molecule has 0 unspecified atom stereocenters. The van der Waals surface area contributed by atoms with Gasteiger partial charge >= 0.3 is 0 Å². The van der Waals surface area contributed by atoms with E-state index in [2.05, 4.69) is 10.2 Å². The molecule has 10 heteroatoms. The second kappa shape index (κ2) is 9.82. The average molecular weight is 442 g/mol. The van der Waals surface area contributed by atoms with Gasteiger partial charge in [-0.15, -0.1) is 0 Å². The number of carbonyl (C=O) groups excluding carboxylic acids is 1. The summed E-state index contributed by atoms with van der Waals surface area (Å²) in [6, 6.07) is 13.6. The lowest BCUT2D eigenvalue weighted by molar-refractivity contribution is -0.384. The molecule has 2 aromatic carbocycles. The van der Waals surface area contributed by atoms with Gasteiger partial charge in [0.15, 0.2) is 0 Å². The fourth-order valence-corrected chi connectivity index (χ4v) is 3.42. The number of piperazine rings is 1. The van der Waals surface area contributed by atoms with Crippen molar-refractivity contribution >= 4 is 34.6 Å². The number of amides is 1. The Morgan fingerprint density at radius 1 is 1.26 bits per heavy atom. The van der Waals surface area contributed by atoms with Crippen molar-refractivity contribution in [3.05, 3.63) is 69.4 Å². The van der Waals surface area contributed by atoms with Crippen LogP contribution >= 0.6 is 11.6 Å². The summed E-state index contributed by atoms with van der Waals surface area (Å²) in [5, 5.41) is 22.9. The van der Waals surface area contributed by atoms with Crippen molar-refractivity contribution in [3.63, 3.8) is 0 Å². The number of hydrogen-bond donors (Lipinski definition) is 1. The first kappa shape index (κ1) is 21.9. The number of hydrogen-bond acceptors (Lipinski definition) is 7. The van der Waals surface area contributed by atoms with Crippen LogP contribution in [0.5, 0.6) is 5.75 Å². The van der Waals surface area contributed by atoms with E-state index in [1.807, 2.05) is 35.2 Å². The molecule has 1 N–H and O–H groups in total. The van der Waals surface area contributed by atoms with Crippen molar-refractivity contribution in [1.82, 2.24) is 4.90 Å². The van der Waals surface area contributed by atoms with E-state index in [1.54, 1.807) is 7.11 Å². The maximum atomic E-state index is 12.5. The molecule has 160 valence electrons. The summed E-state index contributed by atoms with van der Waals surface area (Å²) in [4.78, 5) is 26.9. The second-order valence-electron chi connectivity index (χ2n) is 6.73. The number of nitrogens with one attached hydrogen (secondary N) is 1. The normalized spacial score (nSPS) is 14.0. The molecule has 1 aliphatic rings. The molecule has 0 saturated carbocycles. The van der Waals surface area contributed by atoms with Crippen LogP contribution in [0.2, 0.25) is 5.02 Å². The van der Waals surface area contributed by atoms with Gasteiger partial charge in [-0.3, -0.25) is 14.9 Å². The monoisotopic (exact) mass is 441 g/mol. The summed E-state index contributed by atoms with van der Waals surface area (Å²) in [6.07, 6.45) is 1.51. The highest BCUT2D eigenvalue weighted by atomic mass is 35.5. The number of rotatable bonds is 6. The molecule has 0 aliphatic carbocycles. The average Bonchev–Trinajstić information content (AvgIpc) is 2.78. The summed E-state index contributed by atoms with van der Waals surface area (Å²) in [6.45, 7) is 2.62. The minimum Gasteiger partial charge on any atom is -0.495 e. The van der Waals surface area contributed by atoms with Gasteiger partial charge in [0.25, 0.3) is 11.6 Å². The topological polar surface area (TPSA) is 112 Å². The van der Waals surface area contributed by atoms with E-state index in [0.29, 0.717) is 26.2 Å². The molecular formula is C21H20ClN5O4. The van der Waals surface area contributed by atoms with E-state index in [0.717, 1.165) is 17.5 Å². The number of methoxy groups -OCH3 is 1. The summed E-state index contributed by atoms with van der Waals surface area (Å²) in [5.41, 5.74) is 0.761. The fourth-order valence-electron chi connectivity index (χ4n) is 3.23. The molecule has 31 heavy (non-hydrogen) atoms. The van der Waals surface area contributed by atoms with Crippen LogP contribution in [0.25, 0.3) is 0 Å². The second-order valence-corrected chi connectivity index (χ2v) is 7.13. The van der Waals surface area contributed by atoms with E-state index in [4.69, 9.17) is 16.3 Å². The summed E-state index contributed by atoms with van der Waals surface area (Å²) in [5.74, 6) is 0.145. The molecule has 0 bridgehead atoms. The first-order chi connectivity index (χ1) is 14.9. The van der Waals surface area contributed by atoms with Gasteiger partial charge in [-0.25, -0.2) is 0 Å². The van der Waals surface area contributed by atoms with Crippen molar-refractivity contribution in [2.24, 2.45) is 0 Å². The number of nitro benzene ring substituents is 1. The summed E-state index contributed by atoms with van der Waals surface area (Å²) < 4.78 is 5.41. The quantitative estimate of drug-likeness (QED) is 0.316. The van der Waals surface area contributed by atoms with Crippen molar-refractivity contribution < 1.29 is 14.5 Å². The van der Waals surface area contributed by atoms with Gasteiger partial charge in [0.1, 0.15) is 22.4 Å². The third-order valence-corrected chi connectivity index (χ3v) is 5.14. The van der Waals surface area contributed by atoms with Gasteiger partial charge in [-0.05, 0) is 24.3 Å². The fraction of sp³-hybridized carbons (Fsp3) is 0.238. The Balaban J connectivity index is 1.66. The van der Waals surface area contributed by atoms with E-state index in [9.17, 15) is 20.2 Å². The highest BCUT2D eigenvalue weighted by Crippen LogP contribution is 2.29. The lowest BCUT2D eigenvalue weighted by Gasteiger charge is -2.36. The highest BCUT2D eigenvalue weighted by molar-refractivity contribution is 6.32. The predicted octanol–water partition coefficient (Wildman–Crippen LogP) is 3.42. The Morgan fingerprint density at radius 2 is 1.97 bits per heavy atom. The molecule has 2 aromatic rings. The standard InChI is InChI=1S/C21H20ClN5O4/c1-31-20-5-3-2-4-18(20)26-10-8-25(9-11-26)14-15(13-23)21(28)24-16-6-7-17(22)19(12-16)27(29)30/h2-7,12,14H,8-11H2,1H3,(H,24,28)/b15-14-. The zero-order chi connectivity index (χ0) is 22.4. The molecule has 0 atom stereocenters. The van der Waals surface area contributed by atoms with Gasteiger partial charge in [0, 0.05) is 44.1 Å². The van der Waals surface area contributed by atoms with Crippen LogP contribution in [0.1, 0.15) is 0 Å². The first-order valence-corrected chi connectivity index (χ1v) is 9.80. The highest BCUT2D eigenvalue weighted by Gasteiger charge is 2.20. The molecule has 1 amide bonds. The number of benzene rings is 2. The zero-order valence-corrected chi connectivity index (χ0v) is 17.5. The number of anilines is 2. The number of nitriles is 1. The Labute approximate surface area is 184 Å². The first-order valence-electron chi connectivity index (χ1n) is 9.42. The number of halogens is 1. The number of nitro groups is 1. The van der Waals surface area contributed by atoms with Crippen LogP contribution < -0.4 is 15.0 Å². The zero-order valence-electron chi connectivity index (χ0n) is 16.7. The molecular weight excluding hydrogens is 422 g/mol. The minimum absolute atomic E-state index is 0.0352. The molecule has 0 spiro atoms. The Bertz CT molecular complexity index is 1060. The van der Waals surface area contributed by atoms with Crippen LogP contribution in [0, 0.1) is 21.4 Å². The molecule has 1 saturated heterocycles. The molecule has 1 fully saturated rings. The minimum atomic E-state index is -0.647. The molecule has 1 heterocycles.